The van der Waals surface area contributed by atoms with Gasteiger partial charge < -0.3 is 5.11 Å². The van der Waals surface area contributed by atoms with E-state index in [0.717, 1.165) is 24.8 Å². The van der Waals surface area contributed by atoms with Crippen LogP contribution < -0.4 is 0 Å². The molecule has 1 unspecified atom stereocenters. The first kappa shape index (κ1) is 16.4. The van der Waals surface area contributed by atoms with Crippen LogP contribution in [0, 0.1) is 5.92 Å². The average molecular weight is 279 g/mol. The third kappa shape index (κ3) is 3.48. The minimum atomic E-state index is -0.129. The van der Waals surface area contributed by atoms with E-state index in [-0.39, 0.29) is 12.6 Å². The van der Waals surface area contributed by atoms with Crippen molar-refractivity contribution in [2.75, 3.05) is 20.7 Å². The number of likely N-dealkylation sites (N-methyl/N-ethyl adjacent to an activating group) is 1. The van der Waals surface area contributed by atoms with Crippen LogP contribution in [-0.4, -0.2) is 47.9 Å². The van der Waals surface area contributed by atoms with Gasteiger partial charge >= 0.3 is 6.03 Å². The molecule has 1 aliphatic heterocycles. The number of carbonyl (C=O) groups is 1. The largest absolute Gasteiger partial charge is 0.396 e. The van der Waals surface area contributed by atoms with Crippen molar-refractivity contribution < 1.29 is 9.90 Å². The molecule has 0 spiro atoms. The van der Waals surface area contributed by atoms with Crippen molar-refractivity contribution in [2.24, 2.45) is 10.9 Å². The molecule has 112 valence electrons. The molecule has 0 aromatic carbocycles. The topological polar surface area (TPSA) is 56.1 Å². The van der Waals surface area contributed by atoms with Gasteiger partial charge in [0.2, 0.25) is 0 Å². The molecule has 0 saturated carbocycles. The van der Waals surface area contributed by atoms with Crippen LogP contribution in [0.2, 0.25) is 0 Å². The average Bonchev–Trinajstić information content (AvgIpc) is 2.46. The fourth-order valence-corrected chi connectivity index (χ4v) is 2.16. The first-order valence-electron chi connectivity index (χ1n) is 7.00. The number of rotatable bonds is 6. The van der Waals surface area contributed by atoms with Crippen molar-refractivity contribution in [2.45, 2.75) is 33.1 Å². The Morgan fingerprint density at radius 1 is 1.40 bits per heavy atom. The molecule has 0 aliphatic carbocycles. The van der Waals surface area contributed by atoms with Crippen molar-refractivity contribution in [3.05, 3.63) is 23.7 Å². The molecule has 2 amide bonds. The Morgan fingerprint density at radius 3 is 2.60 bits per heavy atom. The van der Waals surface area contributed by atoms with Gasteiger partial charge in [0.1, 0.15) is 5.82 Å². The summed E-state index contributed by atoms with van der Waals surface area (Å²) >= 11 is 0. The van der Waals surface area contributed by atoms with Crippen LogP contribution in [0.5, 0.6) is 0 Å². The van der Waals surface area contributed by atoms with Crippen molar-refractivity contribution in [1.82, 2.24) is 9.80 Å². The third-order valence-electron chi connectivity index (χ3n) is 3.73. The first-order chi connectivity index (χ1) is 9.43. The number of amides is 2. The molecule has 0 radical (unpaired) electrons. The van der Waals surface area contributed by atoms with Crippen LogP contribution in [0.15, 0.2) is 28.7 Å². The number of hydrogen-bond donors (Lipinski definition) is 1. The van der Waals surface area contributed by atoms with Gasteiger partial charge in [-0.3, -0.25) is 9.80 Å². The van der Waals surface area contributed by atoms with E-state index in [9.17, 15) is 4.79 Å². The predicted octanol–water partition coefficient (Wildman–Crippen LogP) is 2.60. The molecule has 5 heteroatoms. The lowest BCUT2D eigenvalue weighted by molar-refractivity contribution is 0.189. The van der Waals surface area contributed by atoms with Gasteiger partial charge in [0.05, 0.1) is 0 Å². The van der Waals surface area contributed by atoms with Crippen LogP contribution >= 0.6 is 0 Å². The number of aliphatic imine (C=N–C) groups is 1. The zero-order chi connectivity index (χ0) is 15.3. The maximum Gasteiger partial charge on any atom is 0.329 e. The zero-order valence-corrected chi connectivity index (χ0v) is 12.9. The lowest BCUT2D eigenvalue weighted by atomic mass is 10.0. The van der Waals surface area contributed by atoms with E-state index >= 15 is 0 Å². The molecule has 0 aromatic rings. The summed E-state index contributed by atoms with van der Waals surface area (Å²) in [4.78, 5) is 19.6. The number of aliphatic hydroxyl groups is 1. The molecule has 0 saturated heterocycles. The standard InChI is InChI=1S/C15H25N3O2/c1-6-13(8-7-9-19)10-16-14-11(2)12(3)17(4)15(20)18(14)5/h10,13,19H,3,6-9H2,1-2,4-5H3. The molecule has 1 aliphatic rings. The first-order valence-corrected chi connectivity index (χ1v) is 7.00. The summed E-state index contributed by atoms with van der Waals surface area (Å²) in [5.74, 6) is 0.972. The van der Waals surface area contributed by atoms with Crippen molar-refractivity contribution in [1.29, 1.82) is 0 Å². The van der Waals surface area contributed by atoms with Gasteiger partial charge in [-0.2, -0.15) is 0 Å². The Balaban J connectivity index is 2.93. The Bertz CT molecular complexity index is 440. The summed E-state index contributed by atoms with van der Waals surface area (Å²) in [6.45, 7) is 8.14. The quantitative estimate of drug-likeness (QED) is 0.760. The fourth-order valence-electron chi connectivity index (χ4n) is 2.16. The number of allylic oxidation sites excluding steroid dienone is 1. The van der Waals surface area contributed by atoms with Crippen molar-refractivity contribution in [3.63, 3.8) is 0 Å². The number of nitrogens with zero attached hydrogens (tertiary/aromatic N) is 3. The van der Waals surface area contributed by atoms with E-state index in [0.29, 0.717) is 17.4 Å². The van der Waals surface area contributed by atoms with Crippen LogP contribution in [-0.2, 0) is 0 Å². The Kier molecular flexibility index (Phi) is 5.95. The van der Waals surface area contributed by atoms with Gasteiger partial charge in [-0.1, -0.05) is 13.5 Å². The lowest BCUT2D eigenvalue weighted by Crippen LogP contribution is -2.42. The van der Waals surface area contributed by atoms with Gasteiger partial charge in [0, 0.05) is 38.2 Å². The number of aliphatic hydroxyl groups excluding tert-OH is 1. The van der Waals surface area contributed by atoms with E-state index in [4.69, 9.17) is 5.11 Å². The molecular formula is C15H25N3O2. The van der Waals surface area contributed by atoms with Crippen molar-refractivity contribution in [3.8, 4) is 0 Å². The van der Waals surface area contributed by atoms with Crippen LogP contribution in [0.25, 0.3) is 0 Å². The fraction of sp³-hybridized carbons (Fsp3) is 0.600. The minimum absolute atomic E-state index is 0.129. The highest BCUT2D eigenvalue weighted by molar-refractivity contribution is 5.81. The Hall–Kier alpha value is -1.62. The van der Waals surface area contributed by atoms with E-state index in [2.05, 4.69) is 18.5 Å². The van der Waals surface area contributed by atoms with Gasteiger partial charge in [-0.05, 0) is 32.1 Å². The van der Waals surface area contributed by atoms with Crippen LogP contribution in [0.3, 0.4) is 0 Å². The Labute approximate surface area is 121 Å². The van der Waals surface area contributed by atoms with E-state index in [1.54, 1.807) is 19.0 Å². The number of urea groups is 1. The molecular weight excluding hydrogens is 254 g/mol. The highest BCUT2D eigenvalue weighted by atomic mass is 16.3. The second-order valence-corrected chi connectivity index (χ2v) is 5.11. The highest BCUT2D eigenvalue weighted by Gasteiger charge is 2.28. The molecule has 1 N–H and O–H groups in total. The monoisotopic (exact) mass is 279 g/mol. The molecule has 0 aromatic heterocycles. The van der Waals surface area contributed by atoms with E-state index in [1.807, 2.05) is 13.1 Å². The number of carbonyl (C=O) groups excluding carboxylic acids is 1. The smallest absolute Gasteiger partial charge is 0.329 e. The van der Waals surface area contributed by atoms with Gasteiger partial charge in [-0.25, -0.2) is 9.79 Å². The SMILES string of the molecule is C=C1C(C)=C(N=CC(CC)CCCO)N(C)C(=O)N1C. The zero-order valence-electron chi connectivity index (χ0n) is 12.9. The molecule has 0 bridgehead atoms. The maximum absolute atomic E-state index is 12.0. The predicted molar refractivity (Wildman–Crippen MR) is 81.4 cm³/mol. The molecule has 1 rings (SSSR count). The Morgan fingerprint density at radius 2 is 2.05 bits per heavy atom. The van der Waals surface area contributed by atoms with Gasteiger partial charge in [0.15, 0.2) is 0 Å². The summed E-state index contributed by atoms with van der Waals surface area (Å²) in [5, 5.41) is 8.89. The third-order valence-corrected chi connectivity index (χ3v) is 3.73. The summed E-state index contributed by atoms with van der Waals surface area (Å²) in [6, 6.07) is -0.129. The van der Waals surface area contributed by atoms with E-state index in [1.165, 1.54) is 4.90 Å². The summed E-state index contributed by atoms with van der Waals surface area (Å²) in [6.07, 6.45) is 4.53. The van der Waals surface area contributed by atoms with Crippen LogP contribution in [0.1, 0.15) is 33.1 Å². The molecule has 5 nitrogen and oxygen atoms in total. The second kappa shape index (κ2) is 7.24. The maximum atomic E-state index is 12.0. The number of hydrogen-bond acceptors (Lipinski definition) is 3. The molecule has 0 fully saturated rings. The molecule has 20 heavy (non-hydrogen) atoms. The normalized spacial score (nSPS) is 18.4. The second-order valence-electron chi connectivity index (χ2n) is 5.11. The van der Waals surface area contributed by atoms with Gasteiger partial charge in [-0.15, -0.1) is 0 Å². The molecule has 1 atom stereocenters. The summed E-state index contributed by atoms with van der Waals surface area (Å²) in [5.41, 5.74) is 1.59. The summed E-state index contributed by atoms with van der Waals surface area (Å²) < 4.78 is 0. The van der Waals surface area contributed by atoms with Crippen LogP contribution in [0.4, 0.5) is 4.79 Å². The molecule has 1 heterocycles. The lowest BCUT2D eigenvalue weighted by Gasteiger charge is -2.33. The highest BCUT2D eigenvalue weighted by Crippen LogP contribution is 2.26. The van der Waals surface area contributed by atoms with Crippen molar-refractivity contribution >= 4 is 12.2 Å². The van der Waals surface area contributed by atoms with Gasteiger partial charge in [0.25, 0.3) is 0 Å². The minimum Gasteiger partial charge on any atom is -0.396 e. The van der Waals surface area contributed by atoms with E-state index < -0.39 is 0 Å². The summed E-state index contributed by atoms with van der Waals surface area (Å²) in [7, 11) is 3.43.